The first kappa shape index (κ1) is 10.8. The monoisotopic (exact) mass is 166 g/mol. The van der Waals surface area contributed by atoms with Crippen LogP contribution < -0.4 is 0 Å². The van der Waals surface area contributed by atoms with Crippen LogP contribution in [0, 0.1) is 5.92 Å². The van der Waals surface area contributed by atoms with E-state index in [9.17, 15) is 8.78 Å². The van der Waals surface area contributed by atoms with Crippen molar-refractivity contribution >= 4 is 0 Å². The standard InChI is InChI=1S/C8H16F2O/c1-4-5-8(9,10)7(11)6(2)3/h6-7,11H,4-5H2,1-3H3. The molecule has 3 heteroatoms. The molecule has 0 amide bonds. The summed E-state index contributed by atoms with van der Waals surface area (Å²) in [6.45, 7) is 4.86. The Hall–Kier alpha value is -0.180. The molecule has 1 unspecified atom stereocenters. The summed E-state index contributed by atoms with van der Waals surface area (Å²) in [4.78, 5) is 0. The quantitative estimate of drug-likeness (QED) is 0.680. The summed E-state index contributed by atoms with van der Waals surface area (Å²) in [6, 6.07) is 0. The van der Waals surface area contributed by atoms with Crippen molar-refractivity contribution in [1.82, 2.24) is 0 Å². The van der Waals surface area contributed by atoms with E-state index in [2.05, 4.69) is 0 Å². The summed E-state index contributed by atoms with van der Waals surface area (Å²) >= 11 is 0. The van der Waals surface area contributed by atoms with Crippen molar-refractivity contribution in [2.24, 2.45) is 5.92 Å². The SMILES string of the molecule is CCCC(F)(F)C(O)C(C)C. The van der Waals surface area contributed by atoms with Crippen LogP contribution in [0.15, 0.2) is 0 Å². The van der Waals surface area contributed by atoms with E-state index in [0.717, 1.165) is 0 Å². The molecule has 0 bridgehead atoms. The molecule has 1 nitrogen and oxygen atoms in total. The Balaban J connectivity index is 4.05. The van der Waals surface area contributed by atoms with Crippen LogP contribution in [0.5, 0.6) is 0 Å². The molecular weight excluding hydrogens is 150 g/mol. The van der Waals surface area contributed by atoms with Gasteiger partial charge in [-0.3, -0.25) is 0 Å². The Kier molecular flexibility index (Phi) is 3.93. The Labute approximate surface area is 66.4 Å². The van der Waals surface area contributed by atoms with Crippen LogP contribution in [0.1, 0.15) is 33.6 Å². The van der Waals surface area contributed by atoms with Gasteiger partial charge in [0.2, 0.25) is 0 Å². The van der Waals surface area contributed by atoms with Crippen LogP contribution in [0.25, 0.3) is 0 Å². The van der Waals surface area contributed by atoms with Gasteiger partial charge in [-0.2, -0.15) is 0 Å². The van der Waals surface area contributed by atoms with Crippen molar-refractivity contribution < 1.29 is 13.9 Å². The lowest BCUT2D eigenvalue weighted by Gasteiger charge is -2.24. The fraction of sp³-hybridized carbons (Fsp3) is 1.00. The number of rotatable bonds is 4. The van der Waals surface area contributed by atoms with Gasteiger partial charge in [-0.1, -0.05) is 27.2 Å². The van der Waals surface area contributed by atoms with Gasteiger partial charge in [-0.15, -0.1) is 0 Å². The van der Waals surface area contributed by atoms with Gasteiger partial charge in [0.15, 0.2) is 0 Å². The number of aliphatic hydroxyl groups excluding tert-OH is 1. The zero-order valence-corrected chi connectivity index (χ0v) is 7.27. The van der Waals surface area contributed by atoms with Crippen molar-refractivity contribution in [2.45, 2.75) is 45.6 Å². The molecule has 0 saturated carbocycles. The predicted molar refractivity (Wildman–Crippen MR) is 40.7 cm³/mol. The van der Waals surface area contributed by atoms with Gasteiger partial charge in [0.1, 0.15) is 6.10 Å². The first-order chi connectivity index (χ1) is 4.91. The summed E-state index contributed by atoms with van der Waals surface area (Å²) in [5, 5.41) is 9.04. The molecule has 1 atom stereocenters. The molecule has 0 fully saturated rings. The Bertz CT molecular complexity index is 113. The molecule has 1 N–H and O–H groups in total. The molecule has 0 aliphatic rings. The molecule has 0 spiro atoms. The average Bonchev–Trinajstić information content (AvgIpc) is 1.86. The fourth-order valence-electron chi connectivity index (χ4n) is 0.969. The number of alkyl halides is 2. The molecule has 0 aromatic carbocycles. The molecule has 0 heterocycles. The van der Waals surface area contributed by atoms with Gasteiger partial charge < -0.3 is 5.11 Å². The topological polar surface area (TPSA) is 20.2 Å². The molecule has 0 saturated heterocycles. The van der Waals surface area contributed by atoms with E-state index in [1.165, 1.54) is 0 Å². The molecule has 0 aromatic heterocycles. The highest BCUT2D eigenvalue weighted by molar-refractivity contribution is 4.77. The Morgan fingerprint density at radius 3 is 2.09 bits per heavy atom. The van der Waals surface area contributed by atoms with E-state index < -0.39 is 12.0 Å². The van der Waals surface area contributed by atoms with E-state index in [4.69, 9.17) is 5.11 Å². The normalized spacial score (nSPS) is 15.5. The van der Waals surface area contributed by atoms with E-state index in [0.29, 0.717) is 6.42 Å². The number of hydrogen-bond donors (Lipinski definition) is 1. The van der Waals surface area contributed by atoms with Crippen molar-refractivity contribution in [1.29, 1.82) is 0 Å². The second-order valence-corrected chi connectivity index (χ2v) is 3.20. The minimum absolute atomic E-state index is 0.230. The second-order valence-electron chi connectivity index (χ2n) is 3.20. The molecule has 0 radical (unpaired) electrons. The molecular formula is C8H16F2O. The van der Waals surface area contributed by atoms with E-state index in [-0.39, 0.29) is 12.3 Å². The molecule has 0 rings (SSSR count). The number of hydrogen-bond acceptors (Lipinski definition) is 1. The van der Waals surface area contributed by atoms with Gasteiger partial charge in [-0.25, -0.2) is 8.78 Å². The van der Waals surface area contributed by atoms with Gasteiger partial charge in [0.25, 0.3) is 5.92 Å². The zero-order valence-electron chi connectivity index (χ0n) is 7.27. The summed E-state index contributed by atoms with van der Waals surface area (Å²) in [6.07, 6.45) is -1.33. The Morgan fingerprint density at radius 2 is 1.82 bits per heavy atom. The first-order valence-electron chi connectivity index (χ1n) is 3.97. The highest BCUT2D eigenvalue weighted by Gasteiger charge is 2.38. The minimum Gasteiger partial charge on any atom is -0.387 e. The van der Waals surface area contributed by atoms with Crippen LogP contribution in [0.3, 0.4) is 0 Å². The minimum atomic E-state index is -2.91. The lowest BCUT2D eigenvalue weighted by molar-refractivity contribution is -0.130. The van der Waals surface area contributed by atoms with E-state index in [1.54, 1.807) is 20.8 Å². The van der Waals surface area contributed by atoms with Crippen molar-refractivity contribution in [3.8, 4) is 0 Å². The summed E-state index contributed by atoms with van der Waals surface area (Å²) < 4.78 is 25.6. The van der Waals surface area contributed by atoms with Crippen LogP contribution in [0.2, 0.25) is 0 Å². The van der Waals surface area contributed by atoms with Gasteiger partial charge >= 0.3 is 0 Å². The maximum atomic E-state index is 12.8. The maximum Gasteiger partial charge on any atom is 0.273 e. The predicted octanol–water partition coefficient (Wildman–Crippen LogP) is 2.44. The number of halogens is 2. The fourth-order valence-corrected chi connectivity index (χ4v) is 0.969. The van der Waals surface area contributed by atoms with Crippen LogP contribution in [-0.2, 0) is 0 Å². The third kappa shape index (κ3) is 3.14. The first-order valence-corrected chi connectivity index (χ1v) is 3.97. The highest BCUT2D eigenvalue weighted by atomic mass is 19.3. The third-order valence-electron chi connectivity index (χ3n) is 1.65. The molecule has 11 heavy (non-hydrogen) atoms. The third-order valence-corrected chi connectivity index (χ3v) is 1.65. The highest BCUT2D eigenvalue weighted by Crippen LogP contribution is 2.28. The van der Waals surface area contributed by atoms with Crippen LogP contribution in [-0.4, -0.2) is 17.1 Å². The molecule has 0 aliphatic heterocycles. The summed E-state index contributed by atoms with van der Waals surface area (Å²) in [5.41, 5.74) is 0. The van der Waals surface area contributed by atoms with Crippen molar-refractivity contribution in [3.63, 3.8) is 0 Å². The van der Waals surface area contributed by atoms with Gasteiger partial charge in [0.05, 0.1) is 0 Å². The second kappa shape index (κ2) is 4.00. The lowest BCUT2D eigenvalue weighted by atomic mass is 9.98. The number of aliphatic hydroxyl groups is 1. The average molecular weight is 166 g/mol. The summed E-state index contributed by atoms with van der Waals surface area (Å²) in [7, 11) is 0. The molecule has 68 valence electrons. The molecule has 0 aliphatic carbocycles. The van der Waals surface area contributed by atoms with Gasteiger partial charge in [-0.05, 0) is 5.92 Å². The van der Waals surface area contributed by atoms with Gasteiger partial charge in [0, 0.05) is 6.42 Å². The largest absolute Gasteiger partial charge is 0.387 e. The Morgan fingerprint density at radius 1 is 1.36 bits per heavy atom. The lowest BCUT2D eigenvalue weighted by Crippen LogP contribution is -2.37. The summed E-state index contributed by atoms with van der Waals surface area (Å²) in [5.74, 6) is -3.29. The van der Waals surface area contributed by atoms with Crippen molar-refractivity contribution in [2.75, 3.05) is 0 Å². The maximum absolute atomic E-state index is 12.8. The van der Waals surface area contributed by atoms with E-state index in [1.807, 2.05) is 0 Å². The van der Waals surface area contributed by atoms with Crippen molar-refractivity contribution in [3.05, 3.63) is 0 Å². The molecule has 0 aromatic rings. The van der Waals surface area contributed by atoms with Crippen LogP contribution >= 0.6 is 0 Å². The van der Waals surface area contributed by atoms with E-state index >= 15 is 0 Å². The zero-order chi connectivity index (χ0) is 9.07. The van der Waals surface area contributed by atoms with Crippen LogP contribution in [0.4, 0.5) is 8.78 Å². The smallest absolute Gasteiger partial charge is 0.273 e.